The lowest BCUT2D eigenvalue weighted by Crippen LogP contribution is -2.19. The molecule has 0 aromatic heterocycles. The third kappa shape index (κ3) is 5.53. The molecule has 0 heterocycles. The zero-order valence-corrected chi connectivity index (χ0v) is 18.2. The van der Waals surface area contributed by atoms with Gasteiger partial charge in [-0.25, -0.2) is 4.39 Å². The molecule has 5 nitrogen and oxygen atoms in total. The van der Waals surface area contributed by atoms with E-state index in [4.69, 9.17) is 12.2 Å². The molecule has 0 bridgehead atoms. The fourth-order valence-electron chi connectivity index (χ4n) is 3.28. The summed E-state index contributed by atoms with van der Waals surface area (Å²) < 4.78 is 13.8. The highest BCUT2D eigenvalue weighted by Crippen LogP contribution is 2.30. The van der Waals surface area contributed by atoms with E-state index in [0.717, 1.165) is 16.8 Å². The third-order valence-corrected chi connectivity index (χ3v) is 5.06. The lowest BCUT2D eigenvalue weighted by atomic mass is 10.0. The molecule has 0 spiro atoms. The number of phenols is 1. The standard InChI is InChI=1S/C26H20FN3O2S/c27-23-10-3-1-9-22(23)25(32)28-18-12-14-19(15-13-18)29-26(33)30-24-11-4-2-8-21(24)17-6-5-7-20(31)16-17/h1-16,31H,(H,28,32)(H2,29,30,33). The van der Waals surface area contributed by atoms with Gasteiger partial charge >= 0.3 is 0 Å². The van der Waals surface area contributed by atoms with Crippen LogP contribution >= 0.6 is 12.2 Å². The number of halogens is 1. The van der Waals surface area contributed by atoms with E-state index < -0.39 is 11.7 Å². The van der Waals surface area contributed by atoms with Crippen LogP contribution in [0.5, 0.6) is 5.75 Å². The number of benzene rings is 4. The number of anilines is 3. The molecule has 164 valence electrons. The van der Waals surface area contributed by atoms with Crippen LogP contribution < -0.4 is 16.0 Å². The maximum atomic E-state index is 13.8. The molecule has 0 radical (unpaired) electrons. The Hall–Kier alpha value is -4.23. The van der Waals surface area contributed by atoms with Gasteiger partial charge in [-0.3, -0.25) is 4.79 Å². The van der Waals surface area contributed by atoms with Crippen molar-refractivity contribution in [3.63, 3.8) is 0 Å². The van der Waals surface area contributed by atoms with Crippen molar-refractivity contribution in [3.8, 4) is 16.9 Å². The highest BCUT2D eigenvalue weighted by atomic mass is 32.1. The zero-order chi connectivity index (χ0) is 23.2. The zero-order valence-electron chi connectivity index (χ0n) is 17.4. The molecule has 4 aromatic carbocycles. The van der Waals surface area contributed by atoms with Gasteiger partial charge in [-0.05, 0) is 72.4 Å². The molecule has 0 unspecified atom stereocenters. The molecule has 0 saturated carbocycles. The fourth-order valence-corrected chi connectivity index (χ4v) is 3.51. The van der Waals surface area contributed by atoms with Gasteiger partial charge in [0.2, 0.25) is 0 Å². The van der Waals surface area contributed by atoms with Gasteiger partial charge in [-0.15, -0.1) is 0 Å². The van der Waals surface area contributed by atoms with Crippen molar-refractivity contribution in [2.45, 2.75) is 0 Å². The van der Waals surface area contributed by atoms with Crippen LogP contribution in [0, 0.1) is 5.82 Å². The number of amides is 1. The van der Waals surface area contributed by atoms with Crippen LogP contribution in [0.1, 0.15) is 10.4 Å². The van der Waals surface area contributed by atoms with Crippen molar-refractivity contribution in [2.24, 2.45) is 0 Å². The summed E-state index contributed by atoms with van der Waals surface area (Å²) in [6, 6.07) is 27.4. The number of carbonyl (C=O) groups is 1. The topological polar surface area (TPSA) is 73.4 Å². The Balaban J connectivity index is 1.41. The molecule has 0 fully saturated rings. The SMILES string of the molecule is O=C(Nc1ccc(NC(=S)Nc2ccccc2-c2cccc(O)c2)cc1)c1ccccc1F. The summed E-state index contributed by atoms with van der Waals surface area (Å²) in [4.78, 5) is 12.3. The first-order valence-electron chi connectivity index (χ1n) is 10.1. The van der Waals surface area contributed by atoms with Crippen molar-refractivity contribution in [3.05, 3.63) is 108 Å². The third-order valence-electron chi connectivity index (χ3n) is 4.85. The smallest absolute Gasteiger partial charge is 0.258 e. The summed E-state index contributed by atoms with van der Waals surface area (Å²) in [5.74, 6) is -0.907. The minimum Gasteiger partial charge on any atom is -0.508 e. The summed E-state index contributed by atoms with van der Waals surface area (Å²) >= 11 is 5.45. The Bertz CT molecular complexity index is 1310. The number of rotatable bonds is 5. The summed E-state index contributed by atoms with van der Waals surface area (Å²) in [5.41, 5.74) is 3.76. The Morgan fingerprint density at radius 1 is 0.758 bits per heavy atom. The average Bonchev–Trinajstić information content (AvgIpc) is 2.81. The minimum atomic E-state index is -0.573. The maximum Gasteiger partial charge on any atom is 0.258 e. The van der Waals surface area contributed by atoms with Crippen molar-refractivity contribution < 1.29 is 14.3 Å². The maximum absolute atomic E-state index is 13.8. The number of para-hydroxylation sites is 1. The van der Waals surface area contributed by atoms with Crippen LogP contribution in [0.25, 0.3) is 11.1 Å². The molecular weight excluding hydrogens is 437 g/mol. The highest BCUT2D eigenvalue weighted by Gasteiger charge is 2.11. The molecule has 4 aromatic rings. The molecular formula is C26H20FN3O2S. The van der Waals surface area contributed by atoms with Crippen LogP contribution in [0.4, 0.5) is 21.5 Å². The van der Waals surface area contributed by atoms with Crippen LogP contribution in [0.2, 0.25) is 0 Å². The normalized spacial score (nSPS) is 10.3. The van der Waals surface area contributed by atoms with Gasteiger partial charge in [0, 0.05) is 22.6 Å². The molecule has 4 rings (SSSR count). The molecule has 0 atom stereocenters. The fraction of sp³-hybridized carbons (Fsp3) is 0. The predicted octanol–water partition coefficient (Wildman–Crippen LogP) is 6.26. The second-order valence-corrected chi connectivity index (χ2v) is 7.59. The first-order valence-corrected chi connectivity index (χ1v) is 10.5. The monoisotopic (exact) mass is 457 g/mol. The van der Waals surface area contributed by atoms with E-state index >= 15 is 0 Å². The van der Waals surface area contributed by atoms with E-state index in [2.05, 4.69) is 16.0 Å². The molecule has 0 aliphatic rings. The first-order chi connectivity index (χ1) is 16.0. The second-order valence-electron chi connectivity index (χ2n) is 7.19. The first kappa shape index (κ1) is 22.0. The van der Waals surface area contributed by atoms with E-state index in [1.165, 1.54) is 18.2 Å². The summed E-state index contributed by atoms with van der Waals surface area (Å²) in [6.45, 7) is 0. The van der Waals surface area contributed by atoms with E-state index in [9.17, 15) is 14.3 Å². The van der Waals surface area contributed by atoms with Gasteiger partial charge < -0.3 is 21.1 Å². The number of hydrogen-bond donors (Lipinski definition) is 4. The number of carbonyl (C=O) groups excluding carboxylic acids is 1. The van der Waals surface area contributed by atoms with E-state index in [0.29, 0.717) is 16.5 Å². The van der Waals surface area contributed by atoms with Gasteiger partial charge in [0.05, 0.1) is 5.56 Å². The van der Waals surface area contributed by atoms with Gasteiger partial charge in [0.15, 0.2) is 5.11 Å². The van der Waals surface area contributed by atoms with Gasteiger partial charge in [-0.1, -0.05) is 42.5 Å². The van der Waals surface area contributed by atoms with Crippen LogP contribution in [-0.2, 0) is 0 Å². The number of nitrogens with one attached hydrogen (secondary N) is 3. The van der Waals surface area contributed by atoms with Crippen molar-refractivity contribution in [2.75, 3.05) is 16.0 Å². The Morgan fingerprint density at radius 3 is 2.15 bits per heavy atom. The van der Waals surface area contributed by atoms with Gasteiger partial charge in [-0.2, -0.15) is 0 Å². The Kier molecular flexibility index (Phi) is 6.61. The Morgan fingerprint density at radius 2 is 1.42 bits per heavy atom. The molecule has 1 amide bonds. The number of hydrogen-bond acceptors (Lipinski definition) is 3. The summed E-state index contributed by atoms with van der Waals surface area (Å²) in [7, 11) is 0. The largest absolute Gasteiger partial charge is 0.508 e. The minimum absolute atomic E-state index is 0.0181. The number of aromatic hydroxyl groups is 1. The molecule has 4 N–H and O–H groups in total. The molecule has 0 aliphatic heterocycles. The molecule has 7 heteroatoms. The van der Waals surface area contributed by atoms with Crippen molar-refractivity contribution in [1.29, 1.82) is 0 Å². The lowest BCUT2D eigenvalue weighted by molar-refractivity contribution is 0.102. The van der Waals surface area contributed by atoms with E-state index in [1.54, 1.807) is 48.5 Å². The van der Waals surface area contributed by atoms with Crippen molar-refractivity contribution >= 4 is 40.3 Å². The summed E-state index contributed by atoms with van der Waals surface area (Å²) in [6.07, 6.45) is 0. The van der Waals surface area contributed by atoms with Gasteiger partial charge in [0.25, 0.3) is 5.91 Å². The predicted molar refractivity (Wildman–Crippen MR) is 134 cm³/mol. The quantitative estimate of drug-likeness (QED) is 0.266. The van der Waals surface area contributed by atoms with Crippen LogP contribution in [0.15, 0.2) is 97.1 Å². The van der Waals surface area contributed by atoms with E-state index in [-0.39, 0.29) is 11.3 Å². The average molecular weight is 458 g/mol. The molecule has 0 aliphatic carbocycles. The van der Waals surface area contributed by atoms with Crippen molar-refractivity contribution in [1.82, 2.24) is 0 Å². The van der Waals surface area contributed by atoms with Gasteiger partial charge in [0.1, 0.15) is 11.6 Å². The number of thiocarbonyl (C=S) groups is 1. The highest BCUT2D eigenvalue weighted by molar-refractivity contribution is 7.80. The molecule has 33 heavy (non-hydrogen) atoms. The van der Waals surface area contributed by atoms with Crippen LogP contribution in [-0.4, -0.2) is 16.1 Å². The van der Waals surface area contributed by atoms with E-state index in [1.807, 2.05) is 30.3 Å². The Labute approximate surface area is 195 Å². The summed E-state index contributed by atoms with van der Waals surface area (Å²) in [5, 5.41) is 19.1. The second kappa shape index (κ2) is 9.93. The lowest BCUT2D eigenvalue weighted by Gasteiger charge is -2.15. The number of phenolic OH excluding ortho intramolecular Hbond substituents is 1. The van der Waals surface area contributed by atoms with Crippen LogP contribution in [0.3, 0.4) is 0 Å². The molecule has 0 saturated heterocycles.